The SMILES string of the molecule is CCC(=O)N1CCCC(Oc2cc(C)nc(C)n2)C1. The molecule has 1 amide bonds. The maximum Gasteiger partial charge on any atom is 0.222 e. The molecule has 1 atom stereocenters. The number of carbonyl (C=O) groups excluding carboxylic acids is 1. The lowest BCUT2D eigenvalue weighted by Gasteiger charge is -2.32. The van der Waals surface area contributed by atoms with Gasteiger partial charge in [0.25, 0.3) is 0 Å². The summed E-state index contributed by atoms with van der Waals surface area (Å²) >= 11 is 0. The van der Waals surface area contributed by atoms with E-state index < -0.39 is 0 Å². The predicted molar refractivity (Wildman–Crippen MR) is 72.0 cm³/mol. The number of aromatic nitrogens is 2. The van der Waals surface area contributed by atoms with E-state index in [0.29, 0.717) is 24.7 Å². The Morgan fingerprint density at radius 3 is 2.95 bits per heavy atom. The summed E-state index contributed by atoms with van der Waals surface area (Å²) in [6.07, 6.45) is 2.55. The maximum atomic E-state index is 11.7. The quantitative estimate of drug-likeness (QED) is 0.835. The number of piperidine rings is 1. The summed E-state index contributed by atoms with van der Waals surface area (Å²) in [5.74, 6) is 1.52. The van der Waals surface area contributed by atoms with Gasteiger partial charge in [0.2, 0.25) is 11.8 Å². The van der Waals surface area contributed by atoms with Crippen molar-refractivity contribution in [2.75, 3.05) is 13.1 Å². The van der Waals surface area contributed by atoms with E-state index in [-0.39, 0.29) is 12.0 Å². The molecule has 1 fully saturated rings. The van der Waals surface area contributed by atoms with E-state index in [4.69, 9.17) is 4.74 Å². The van der Waals surface area contributed by atoms with Crippen LogP contribution in [0.2, 0.25) is 0 Å². The average molecular weight is 263 g/mol. The number of hydrogen-bond donors (Lipinski definition) is 0. The molecule has 1 aliphatic rings. The molecule has 0 spiro atoms. The first-order valence-electron chi connectivity index (χ1n) is 6.85. The Morgan fingerprint density at radius 1 is 1.47 bits per heavy atom. The Balaban J connectivity index is 2.00. The number of hydrogen-bond acceptors (Lipinski definition) is 4. The number of amides is 1. The summed E-state index contributed by atoms with van der Waals surface area (Å²) < 4.78 is 5.90. The zero-order valence-electron chi connectivity index (χ0n) is 11.8. The van der Waals surface area contributed by atoms with Gasteiger partial charge in [0.1, 0.15) is 11.9 Å². The highest BCUT2D eigenvalue weighted by Gasteiger charge is 2.24. The van der Waals surface area contributed by atoms with E-state index in [2.05, 4.69) is 9.97 Å². The molecule has 0 saturated carbocycles. The number of likely N-dealkylation sites (tertiary alicyclic amines) is 1. The van der Waals surface area contributed by atoms with Crippen molar-refractivity contribution < 1.29 is 9.53 Å². The van der Waals surface area contributed by atoms with Gasteiger partial charge in [0, 0.05) is 24.7 Å². The second kappa shape index (κ2) is 5.99. The van der Waals surface area contributed by atoms with Gasteiger partial charge in [-0.25, -0.2) is 4.98 Å². The molecule has 0 N–H and O–H groups in total. The zero-order valence-corrected chi connectivity index (χ0v) is 11.8. The van der Waals surface area contributed by atoms with Gasteiger partial charge >= 0.3 is 0 Å². The lowest BCUT2D eigenvalue weighted by Crippen LogP contribution is -2.44. The third-order valence-electron chi connectivity index (χ3n) is 3.26. The number of rotatable bonds is 3. The molecule has 0 aromatic carbocycles. The van der Waals surface area contributed by atoms with Crippen LogP contribution in [0.15, 0.2) is 6.07 Å². The molecular weight excluding hydrogens is 242 g/mol. The molecule has 1 aliphatic heterocycles. The Kier molecular flexibility index (Phi) is 4.35. The van der Waals surface area contributed by atoms with Gasteiger partial charge < -0.3 is 9.64 Å². The van der Waals surface area contributed by atoms with Crippen LogP contribution in [0.1, 0.15) is 37.7 Å². The van der Waals surface area contributed by atoms with Crippen LogP contribution in [-0.4, -0.2) is 40.0 Å². The predicted octanol–water partition coefficient (Wildman–Crippen LogP) is 1.87. The summed E-state index contributed by atoms with van der Waals surface area (Å²) in [4.78, 5) is 22.1. The van der Waals surface area contributed by atoms with Crippen molar-refractivity contribution in [3.63, 3.8) is 0 Å². The molecule has 1 aromatic rings. The molecule has 5 nitrogen and oxygen atoms in total. The van der Waals surface area contributed by atoms with Gasteiger partial charge in [-0.15, -0.1) is 0 Å². The Morgan fingerprint density at radius 2 is 2.26 bits per heavy atom. The molecule has 0 bridgehead atoms. The molecule has 5 heteroatoms. The molecule has 1 unspecified atom stereocenters. The van der Waals surface area contributed by atoms with Crippen molar-refractivity contribution in [3.8, 4) is 5.88 Å². The van der Waals surface area contributed by atoms with Crippen LogP contribution < -0.4 is 4.74 Å². The van der Waals surface area contributed by atoms with Gasteiger partial charge in [0.05, 0.1) is 6.54 Å². The fourth-order valence-corrected chi connectivity index (χ4v) is 2.40. The highest BCUT2D eigenvalue weighted by atomic mass is 16.5. The molecule has 0 aliphatic carbocycles. The van der Waals surface area contributed by atoms with E-state index in [0.717, 1.165) is 25.1 Å². The third kappa shape index (κ3) is 3.66. The Bertz CT molecular complexity index is 442. The van der Waals surface area contributed by atoms with Gasteiger partial charge in [0.15, 0.2) is 0 Å². The topological polar surface area (TPSA) is 55.3 Å². The average Bonchev–Trinajstić information content (AvgIpc) is 2.37. The van der Waals surface area contributed by atoms with Gasteiger partial charge in [-0.05, 0) is 26.7 Å². The minimum absolute atomic E-state index is 0.0398. The smallest absolute Gasteiger partial charge is 0.222 e. The monoisotopic (exact) mass is 263 g/mol. The van der Waals surface area contributed by atoms with Crippen LogP contribution in [0.25, 0.3) is 0 Å². The normalized spacial score (nSPS) is 19.3. The first-order chi connectivity index (χ1) is 9.08. The summed E-state index contributed by atoms with van der Waals surface area (Å²) in [6.45, 7) is 7.18. The van der Waals surface area contributed by atoms with Crippen molar-refractivity contribution in [1.82, 2.24) is 14.9 Å². The van der Waals surface area contributed by atoms with E-state index in [1.807, 2.05) is 31.7 Å². The van der Waals surface area contributed by atoms with Crippen LogP contribution in [0.3, 0.4) is 0 Å². The minimum atomic E-state index is 0.0398. The molecule has 1 saturated heterocycles. The summed E-state index contributed by atoms with van der Waals surface area (Å²) in [6, 6.07) is 1.84. The summed E-state index contributed by atoms with van der Waals surface area (Å²) in [5, 5.41) is 0. The van der Waals surface area contributed by atoms with Crippen LogP contribution in [0, 0.1) is 13.8 Å². The number of carbonyl (C=O) groups is 1. The summed E-state index contributed by atoms with van der Waals surface area (Å²) in [7, 11) is 0. The molecular formula is C14H21N3O2. The number of aryl methyl sites for hydroxylation is 2. The molecule has 2 heterocycles. The highest BCUT2D eigenvalue weighted by Crippen LogP contribution is 2.18. The standard InChI is InChI=1S/C14H21N3O2/c1-4-14(18)17-7-5-6-12(9-17)19-13-8-10(2)15-11(3)16-13/h8,12H,4-7,9H2,1-3H3. The van der Waals surface area contributed by atoms with Crippen LogP contribution in [-0.2, 0) is 4.79 Å². The van der Waals surface area contributed by atoms with E-state index in [1.165, 1.54) is 0 Å². The summed E-state index contributed by atoms with van der Waals surface area (Å²) in [5.41, 5.74) is 0.903. The molecule has 0 radical (unpaired) electrons. The Labute approximate surface area is 114 Å². The molecule has 2 rings (SSSR count). The van der Waals surface area contributed by atoms with Gasteiger partial charge in [-0.2, -0.15) is 4.98 Å². The minimum Gasteiger partial charge on any atom is -0.472 e. The second-order valence-corrected chi connectivity index (χ2v) is 4.97. The third-order valence-corrected chi connectivity index (χ3v) is 3.26. The van der Waals surface area contributed by atoms with Crippen molar-refractivity contribution in [2.45, 2.75) is 46.1 Å². The van der Waals surface area contributed by atoms with Gasteiger partial charge in [-0.3, -0.25) is 4.79 Å². The van der Waals surface area contributed by atoms with E-state index in [9.17, 15) is 4.79 Å². The first-order valence-corrected chi connectivity index (χ1v) is 6.85. The fraction of sp³-hybridized carbons (Fsp3) is 0.643. The van der Waals surface area contributed by atoms with Crippen molar-refractivity contribution in [3.05, 3.63) is 17.6 Å². The van der Waals surface area contributed by atoms with E-state index in [1.54, 1.807) is 0 Å². The second-order valence-electron chi connectivity index (χ2n) is 4.97. The fourth-order valence-electron chi connectivity index (χ4n) is 2.40. The van der Waals surface area contributed by atoms with Gasteiger partial charge in [-0.1, -0.05) is 6.92 Å². The van der Waals surface area contributed by atoms with Crippen molar-refractivity contribution >= 4 is 5.91 Å². The van der Waals surface area contributed by atoms with Crippen molar-refractivity contribution in [1.29, 1.82) is 0 Å². The number of ether oxygens (including phenoxy) is 1. The van der Waals surface area contributed by atoms with Crippen LogP contribution >= 0.6 is 0 Å². The lowest BCUT2D eigenvalue weighted by molar-refractivity contribution is -0.133. The zero-order chi connectivity index (χ0) is 13.8. The largest absolute Gasteiger partial charge is 0.472 e. The number of nitrogens with zero attached hydrogens (tertiary/aromatic N) is 3. The van der Waals surface area contributed by atoms with Crippen LogP contribution in [0.5, 0.6) is 5.88 Å². The van der Waals surface area contributed by atoms with Crippen LogP contribution in [0.4, 0.5) is 0 Å². The lowest BCUT2D eigenvalue weighted by atomic mass is 10.1. The van der Waals surface area contributed by atoms with E-state index >= 15 is 0 Å². The van der Waals surface area contributed by atoms with Crippen molar-refractivity contribution in [2.24, 2.45) is 0 Å². The molecule has 104 valence electrons. The maximum absolute atomic E-state index is 11.7. The first kappa shape index (κ1) is 13.8. The Hall–Kier alpha value is -1.65. The highest BCUT2D eigenvalue weighted by molar-refractivity contribution is 5.75. The molecule has 19 heavy (non-hydrogen) atoms. The molecule has 1 aromatic heterocycles.